The smallest absolute Gasteiger partial charge is 0.238 e. The fraction of sp³-hybridized carbons (Fsp3) is 0.133. The van der Waals surface area contributed by atoms with Crippen molar-refractivity contribution >= 4 is 49.3 Å². The number of primary sulfonamides is 1. The fourth-order valence-electron chi connectivity index (χ4n) is 1.76. The third-order valence-electron chi connectivity index (χ3n) is 2.96. The van der Waals surface area contributed by atoms with Gasteiger partial charge < -0.3 is 5.32 Å². The number of carbonyl (C=O) groups excluding carboxylic acids is 1. The van der Waals surface area contributed by atoms with Crippen molar-refractivity contribution in [2.75, 3.05) is 5.32 Å². The van der Waals surface area contributed by atoms with E-state index >= 15 is 0 Å². The lowest BCUT2D eigenvalue weighted by Gasteiger charge is -2.13. The van der Waals surface area contributed by atoms with Crippen molar-refractivity contribution in [2.45, 2.75) is 22.0 Å². The van der Waals surface area contributed by atoms with E-state index in [1.165, 1.54) is 36.0 Å². The highest BCUT2D eigenvalue weighted by atomic mass is 79.9. The van der Waals surface area contributed by atoms with Gasteiger partial charge in [0.1, 0.15) is 0 Å². The molecule has 23 heavy (non-hydrogen) atoms. The van der Waals surface area contributed by atoms with E-state index < -0.39 is 10.0 Å². The zero-order chi connectivity index (χ0) is 17.0. The maximum atomic E-state index is 12.2. The Morgan fingerprint density at radius 2 is 1.78 bits per heavy atom. The Kier molecular flexibility index (Phi) is 5.85. The van der Waals surface area contributed by atoms with Gasteiger partial charge in [0.05, 0.1) is 10.1 Å². The molecule has 0 bridgehead atoms. The number of thioether (sulfide) groups is 1. The molecule has 0 aliphatic carbocycles. The van der Waals surface area contributed by atoms with Crippen LogP contribution in [-0.4, -0.2) is 19.6 Å². The van der Waals surface area contributed by atoms with Gasteiger partial charge in [-0.25, -0.2) is 13.6 Å². The predicted octanol–water partition coefficient (Wildman–Crippen LogP) is 3.22. The molecule has 0 saturated heterocycles. The van der Waals surface area contributed by atoms with E-state index in [4.69, 9.17) is 5.14 Å². The van der Waals surface area contributed by atoms with Crippen molar-refractivity contribution in [3.8, 4) is 0 Å². The molecule has 5 nitrogen and oxygen atoms in total. The number of nitrogens with two attached hydrogens (primary N) is 1. The molecule has 0 saturated carbocycles. The molecule has 0 radical (unpaired) electrons. The van der Waals surface area contributed by atoms with Crippen LogP contribution in [0.2, 0.25) is 0 Å². The molecule has 3 N–H and O–H groups in total. The Morgan fingerprint density at radius 3 is 2.35 bits per heavy atom. The first-order valence-corrected chi connectivity index (χ1v) is 9.84. The molecule has 0 fully saturated rings. The normalized spacial score (nSPS) is 12.7. The van der Waals surface area contributed by atoms with Gasteiger partial charge in [-0.05, 0) is 59.3 Å². The number of hydrogen-bond donors (Lipinski definition) is 2. The highest BCUT2D eigenvalue weighted by Gasteiger charge is 2.16. The van der Waals surface area contributed by atoms with Crippen LogP contribution in [0, 0.1) is 0 Å². The van der Waals surface area contributed by atoms with E-state index in [2.05, 4.69) is 21.2 Å². The highest BCUT2D eigenvalue weighted by Crippen LogP contribution is 2.30. The van der Waals surface area contributed by atoms with Gasteiger partial charge in [-0.2, -0.15) is 0 Å². The van der Waals surface area contributed by atoms with Crippen molar-refractivity contribution in [1.82, 2.24) is 0 Å². The Labute approximate surface area is 147 Å². The van der Waals surface area contributed by atoms with E-state index in [9.17, 15) is 13.2 Å². The van der Waals surface area contributed by atoms with Gasteiger partial charge in [0.2, 0.25) is 15.9 Å². The van der Waals surface area contributed by atoms with Gasteiger partial charge in [-0.1, -0.05) is 12.1 Å². The van der Waals surface area contributed by atoms with E-state index in [0.717, 1.165) is 9.37 Å². The van der Waals surface area contributed by atoms with Gasteiger partial charge in [0, 0.05) is 15.1 Å². The lowest BCUT2D eigenvalue weighted by molar-refractivity contribution is -0.115. The third-order valence-corrected chi connectivity index (χ3v) is 6.02. The van der Waals surface area contributed by atoms with Crippen LogP contribution in [0.3, 0.4) is 0 Å². The van der Waals surface area contributed by atoms with Crippen LogP contribution in [0.15, 0.2) is 62.8 Å². The fourth-order valence-corrected chi connectivity index (χ4v) is 3.72. The summed E-state index contributed by atoms with van der Waals surface area (Å²) in [4.78, 5) is 13.2. The second-order valence-corrected chi connectivity index (χ2v) is 8.55. The molecular weight excluding hydrogens is 400 g/mol. The van der Waals surface area contributed by atoms with E-state index in [1.54, 1.807) is 6.92 Å². The minimum atomic E-state index is -3.73. The third kappa shape index (κ3) is 5.07. The molecule has 8 heteroatoms. The Hall–Kier alpha value is -1.35. The average molecular weight is 415 g/mol. The lowest BCUT2D eigenvalue weighted by Crippen LogP contribution is -2.22. The van der Waals surface area contributed by atoms with Crippen molar-refractivity contribution < 1.29 is 13.2 Å². The van der Waals surface area contributed by atoms with Crippen molar-refractivity contribution in [2.24, 2.45) is 5.14 Å². The largest absolute Gasteiger partial charge is 0.325 e. The summed E-state index contributed by atoms with van der Waals surface area (Å²) in [6.07, 6.45) is 0. The summed E-state index contributed by atoms with van der Waals surface area (Å²) < 4.78 is 23.3. The molecule has 0 heterocycles. The second-order valence-electron chi connectivity index (χ2n) is 4.75. The topological polar surface area (TPSA) is 89.3 Å². The van der Waals surface area contributed by atoms with Crippen LogP contribution in [0.5, 0.6) is 0 Å². The zero-order valence-corrected chi connectivity index (χ0v) is 15.4. The van der Waals surface area contributed by atoms with Gasteiger partial charge in [-0.15, -0.1) is 11.8 Å². The number of benzene rings is 2. The molecule has 2 aromatic carbocycles. The lowest BCUT2D eigenvalue weighted by atomic mass is 10.3. The molecule has 0 aliphatic heterocycles. The number of hydrogen-bond acceptors (Lipinski definition) is 4. The van der Waals surface area contributed by atoms with Crippen LogP contribution in [0.1, 0.15) is 6.92 Å². The van der Waals surface area contributed by atoms with Crippen LogP contribution in [0.25, 0.3) is 0 Å². The summed E-state index contributed by atoms with van der Waals surface area (Å²) in [6, 6.07) is 13.4. The molecule has 0 aliphatic rings. The first kappa shape index (κ1) is 18.0. The summed E-state index contributed by atoms with van der Waals surface area (Å²) in [5, 5.41) is 7.47. The summed E-state index contributed by atoms with van der Waals surface area (Å²) in [5.41, 5.74) is 0.516. The number of amides is 1. The van der Waals surface area contributed by atoms with Crippen molar-refractivity contribution in [3.63, 3.8) is 0 Å². The summed E-state index contributed by atoms with van der Waals surface area (Å²) >= 11 is 4.88. The molecule has 1 amide bonds. The monoisotopic (exact) mass is 414 g/mol. The number of carbonyl (C=O) groups is 1. The van der Waals surface area contributed by atoms with E-state index in [0.29, 0.717) is 5.69 Å². The molecule has 122 valence electrons. The number of nitrogens with one attached hydrogen (secondary N) is 1. The van der Waals surface area contributed by atoms with Gasteiger partial charge >= 0.3 is 0 Å². The van der Waals surface area contributed by atoms with Crippen molar-refractivity contribution in [3.05, 3.63) is 53.0 Å². The number of sulfonamides is 1. The van der Waals surface area contributed by atoms with Crippen LogP contribution < -0.4 is 10.5 Å². The van der Waals surface area contributed by atoms with E-state index in [-0.39, 0.29) is 16.1 Å². The standard InChI is InChI=1S/C15H15BrN2O3S2/c1-10(22-14-5-3-2-4-13(14)16)15(19)18-11-6-8-12(9-7-11)23(17,20)21/h2-10H,1H3,(H,18,19)(H2,17,20,21). The summed E-state index contributed by atoms with van der Waals surface area (Å²) in [7, 11) is -3.73. The molecular formula is C15H15BrN2O3S2. The quantitative estimate of drug-likeness (QED) is 0.734. The van der Waals surface area contributed by atoms with Crippen molar-refractivity contribution in [1.29, 1.82) is 0 Å². The highest BCUT2D eigenvalue weighted by molar-refractivity contribution is 9.10. The number of halogens is 1. The summed E-state index contributed by atoms with van der Waals surface area (Å²) in [6.45, 7) is 1.80. The molecule has 2 aromatic rings. The first-order valence-electron chi connectivity index (χ1n) is 6.62. The Balaban J connectivity index is 2.02. The molecule has 1 unspecified atom stereocenters. The minimum Gasteiger partial charge on any atom is -0.325 e. The average Bonchev–Trinajstić information content (AvgIpc) is 2.49. The minimum absolute atomic E-state index is 0.00568. The first-order chi connectivity index (χ1) is 10.8. The van der Waals surface area contributed by atoms with Gasteiger partial charge in [0.25, 0.3) is 0 Å². The van der Waals surface area contributed by atoms with Crippen LogP contribution in [-0.2, 0) is 14.8 Å². The molecule has 0 spiro atoms. The molecule has 2 rings (SSSR count). The SMILES string of the molecule is CC(Sc1ccccc1Br)C(=O)Nc1ccc(S(N)(=O)=O)cc1. The zero-order valence-electron chi connectivity index (χ0n) is 12.2. The maximum Gasteiger partial charge on any atom is 0.238 e. The van der Waals surface area contributed by atoms with Gasteiger partial charge in [-0.3, -0.25) is 4.79 Å². The molecule has 1 atom stereocenters. The van der Waals surface area contributed by atoms with E-state index in [1.807, 2.05) is 24.3 Å². The number of anilines is 1. The van der Waals surface area contributed by atoms with Crippen LogP contribution in [0.4, 0.5) is 5.69 Å². The predicted molar refractivity (Wildman–Crippen MR) is 95.9 cm³/mol. The Morgan fingerprint density at radius 1 is 1.17 bits per heavy atom. The van der Waals surface area contributed by atoms with Gasteiger partial charge in [0.15, 0.2) is 0 Å². The number of rotatable bonds is 5. The molecule has 0 aromatic heterocycles. The second kappa shape index (κ2) is 7.48. The maximum absolute atomic E-state index is 12.2. The summed E-state index contributed by atoms with van der Waals surface area (Å²) in [5.74, 6) is -0.172. The van der Waals surface area contributed by atoms with Crippen LogP contribution >= 0.6 is 27.7 Å². The Bertz CT molecular complexity index is 808.